The smallest absolute Gasteiger partial charge is 0.405 e. The molecule has 12 nitrogen and oxygen atoms in total. The van der Waals surface area contributed by atoms with Crippen LogP contribution < -0.4 is 11.5 Å². The molecule has 0 aliphatic rings. The van der Waals surface area contributed by atoms with Gasteiger partial charge in [0.2, 0.25) is 11.7 Å². The minimum Gasteiger partial charge on any atom is -0.428 e. The van der Waals surface area contributed by atoms with Crippen LogP contribution in [0.3, 0.4) is 0 Å². The molecule has 0 spiro atoms. The second-order valence-electron chi connectivity index (χ2n) is 6.00. The molecule has 32 heavy (non-hydrogen) atoms. The van der Waals surface area contributed by atoms with Gasteiger partial charge in [-0.3, -0.25) is 9.13 Å². The Kier molecular flexibility index (Phi) is 11.4. The highest BCUT2D eigenvalue weighted by Gasteiger charge is 2.42. The number of primary amides is 2. The maximum absolute atomic E-state index is 13.2. The van der Waals surface area contributed by atoms with Crippen molar-refractivity contribution in [1.29, 1.82) is 0 Å². The molecular weight excluding hydrogens is 466 g/mol. The summed E-state index contributed by atoms with van der Waals surface area (Å²) < 4.78 is 57.5. The van der Waals surface area contributed by atoms with Crippen molar-refractivity contribution in [3.63, 3.8) is 0 Å². The van der Waals surface area contributed by atoms with Gasteiger partial charge >= 0.3 is 27.4 Å². The Bertz CT molecular complexity index is 760. The van der Waals surface area contributed by atoms with Gasteiger partial charge in [-0.05, 0) is 27.7 Å². The van der Waals surface area contributed by atoms with Crippen LogP contribution in [0.5, 0.6) is 0 Å². The first-order valence-corrected chi connectivity index (χ1v) is 13.1. The molecule has 0 bridgehead atoms. The Morgan fingerprint density at radius 1 is 0.688 bits per heavy atom. The van der Waals surface area contributed by atoms with Gasteiger partial charge in [-0.2, -0.15) is 0 Å². The van der Waals surface area contributed by atoms with Crippen molar-refractivity contribution in [2.24, 2.45) is 11.5 Å². The summed E-state index contributed by atoms with van der Waals surface area (Å²) in [6.07, 6.45) is -2.38. The van der Waals surface area contributed by atoms with Gasteiger partial charge in [-0.15, -0.1) is 0 Å². The molecule has 0 heterocycles. The Hall–Kier alpha value is -1.94. The van der Waals surface area contributed by atoms with Crippen molar-refractivity contribution >= 4 is 27.4 Å². The fourth-order valence-electron chi connectivity index (χ4n) is 2.74. The van der Waals surface area contributed by atoms with E-state index in [1.54, 1.807) is 27.7 Å². The van der Waals surface area contributed by atoms with Crippen molar-refractivity contribution in [3.05, 3.63) is 35.4 Å². The Balaban J connectivity index is 3.45. The maximum Gasteiger partial charge on any atom is 0.405 e. The molecular formula is C18H30N2O10P2. The SMILES string of the molecule is CCOP(=O)(OCC)[C@H](OC(N)=O)c1ccc([C@H](OC(N)=O)P(=O)(OCC)OCC)cc1. The number of hydrogen-bond acceptors (Lipinski definition) is 10. The van der Waals surface area contributed by atoms with Crippen LogP contribution >= 0.6 is 15.2 Å². The van der Waals surface area contributed by atoms with E-state index in [2.05, 4.69) is 0 Å². The van der Waals surface area contributed by atoms with E-state index in [4.69, 9.17) is 39.0 Å². The summed E-state index contributed by atoms with van der Waals surface area (Å²) in [4.78, 5) is 22.9. The molecule has 0 aromatic heterocycles. The average Bonchev–Trinajstić information content (AvgIpc) is 2.71. The van der Waals surface area contributed by atoms with Crippen LogP contribution in [0.1, 0.15) is 50.5 Å². The Labute approximate surface area is 186 Å². The fourth-order valence-corrected chi connectivity index (χ4v) is 6.41. The maximum atomic E-state index is 13.2. The van der Waals surface area contributed by atoms with Crippen LogP contribution in [0.4, 0.5) is 9.59 Å². The second kappa shape index (κ2) is 12.9. The topological polar surface area (TPSA) is 176 Å². The van der Waals surface area contributed by atoms with Gasteiger partial charge in [-0.25, -0.2) is 9.59 Å². The lowest BCUT2D eigenvalue weighted by Gasteiger charge is -2.27. The van der Waals surface area contributed by atoms with Gasteiger partial charge in [-0.1, -0.05) is 24.3 Å². The lowest BCUT2D eigenvalue weighted by Crippen LogP contribution is -2.20. The summed E-state index contributed by atoms with van der Waals surface area (Å²) in [5, 5.41) is 0. The summed E-state index contributed by atoms with van der Waals surface area (Å²) >= 11 is 0. The van der Waals surface area contributed by atoms with Crippen LogP contribution in [-0.2, 0) is 36.7 Å². The molecule has 14 heteroatoms. The summed E-state index contributed by atoms with van der Waals surface area (Å²) in [6, 6.07) is 5.58. The van der Waals surface area contributed by atoms with E-state index in [1.807, 2.05) is 0 Å². The lowest BCUT2D eigenvalue weighted by atomic mass is 10.1. The molecule has 182 valence electrons. The number of carbonyl (C=O) groups is 2. The van der Waals surface area contributed by atoms with E-state index in [1.165, 1.54) is 24.3 Å². The van der Waals surface area contributed by atoms with Crippen LogP contribution in [0.2, 0.25) is 0 Å². The number of rotatable bonds is 14. The van der Waals surface area contributed by atoms with Crippen LogP contribution in [-0.4, -0.2) is 38.6 Å². The highest BCUT2D eigenvalue weighted by molar-refractivity contribution is 7.54. The quantitative estimate of drug-likeness (QED) is 0.351. The molecule has 0 fully saturated rings. The third-order valence-electron chi connectivity index (χ3n) is 3.77. The molecule has 1 aromatic carbocycles. The van der Waals surface area contributed by atoms with Gasteiger partial charge in [0, 0.05) is 11.1 Å². The number of hydrogen-bond donors (Lipinski definition) is 2. The first kappa shape index (κ1) is 28.1. The molecule has 1 rings (SSSR count). The van der Waals surface area contributed by atoms with E-state index >= 15 is 0 Å². The predicted octanol–water partition coefficient (Wildman–Crippen LogP) is 4.41. The second-order valence-corrected chi connectivity index (χ2v) is 10.1. The lowest BCUT2D eigenvalue weighted by molar-refractivity contribution is 0.108. The summed E-state index contributed by atoms with van der Waals surface area (Å²) in [5.74, 6) is -2.93. The molecule has 2 amide bonds. The normalized spacial score (nSPS) is 13.9. The highest BCUT2D eigenvalue weighted by Crippen LogP contribution is 2.63. The van der Waals surface area contributed by atoms with Crippen molar-refractivity contribution < 1.29 is 46.3 Å². The van der Waals surface area contributed by atoms with Gasteiger partial charge in [0.25, 0.3) is 0 Å². The minimum absolute atomic E-state index is 0.0222. The van der Waals surface area contributed by atoms with E-state index < -0.39 is 39.1 Å². The number of benzene rings is 1. The van der Waals surface area contributed by atoms with E-state index in [-0.39, 0.29) is 37.6 Å². The third kappa shape index (κ3) is 7.58. The van der Waals surface area contributed by atoms with E-state index in [0.29, 0.717) is 0 Å². The molecule has 0 radical (unpaired) electrons. The van der Waals surface area contributed by atoms with Gasteiger partial charge in [0.1, 0.15) is 0 Å². The first-order chi connectivity index (χ1) is 15.1. The van der Waals surface area contributed by atoms with Crippen molar-refractivity contribution in [2.45, 2.75) is 39.4 Å². The van der Waals surface area contributed by atoms with E-state index in [0.717, 1.165) is 0 Å². The largest absolute Gasteiger partial charge is 0.428 e. The zero-order valence-corrected chi connectivity index (χ0v) is 20.2. The molecule has 0 aliphatic heterocycles. The monoisotopic (exact) mass is 496 g/mol. The van der Waals surface area contributed by atoms with Crippen molar-refractivity contribution in [1.82, 2.24) is 0 Å². The average molecular weight is 496 g/mol. The van der Waals surface area contributed by atoms with Crippen molar-refractivity contribution in [2.75, 3.05) is 26.4 Å². The summed E-state index contributed by atoms with van der Waals surface area (Å²) in [7, 11) is -7.91. The van der Waals surface area contributed by atoms with Gasteiger partial charge in [0.05, 0.1) is 26.4 Å². The fraction of sp³-hybridized carbons (Fsp3) is 0.556. The molecule has 0 saturated carbocycles. The summed E-state index contributed by atoms with van der Waals surface area (Å²) in [6.45, 7) is 6.48. The molecule has 4 N–H and O–H groups in total. The Morgan fingerprint density at radius 3 is 1.12 bits per heavy atom. The number of nitrogens with two attached hydrogens (primary N) is 2. The van der Waals surface area contributed by atoms with E-state index in [9.17, 15) is 18.7 Å². The number of carbonyl (C=O) groups excluding carboxylic acids is 2. The Morgan fingerprint density at radius 2 is 0.938 bits per heavy atom. The zero-order chi connectivity index (χ0) is 24.4. The van der Waals surface area contributed by atoms with Gasteiger partial charge < -0.3 is 39.0 Å². The van der Waals surface area contributed by atoms with Gasteiger partial charge in [0.15, 0.2) is 0 Å². The molecule has 1 aromatic rings. The zero-order valence-electron chi connectivity index (χ0n) is 18.4. The molecule has 0 unspecified atom stereocenters. The van der Waals surface area contributed by atoms with Crippen LogP contribution in [0.15, 0.2) is 24.3 Å². The first-order valence-electron chi connectivity index (χ1n) is 9.86. The standard InChI is InChI=1S/C18H30N2O10P2/c1-5-25-31(23,26-6-2)15(29-17(19)21)13-9-11-14(12-10-13)16(30-18(20)22)32(24,27-7-3)28-8-4/h9-12,15-16H,5-8H2,1-4H3,(H2,19,21)(H2,20,22)/t15-,16+. The number of amides is 2. The van der Waals surface area contributed by atoms with Crippen LogP contribution in [0, 0.1) is 0 Å². The van der Waals surface area contributed by atoms with Crippen molar-refractivity contribution in [3.8, 4) is 0 Å². The third-order valence-corrected chi connectivity index (χ3v) is 8.20. The minimum atomic E-state index is -3.95. The number of ether oxygens (including phenoxy) is 2. The predicted molar refractivity (Wildman–Crippen MR) is 115 cm³/mol. The highest BCUT2D eigenvalue weighted by atomic mass is 31.2. The summed E-state index contributed by atoms with van der Waals surface area (Å²) in [5.41, 5.74) is 10.7. The van der Waals surface area contributed by atoms with Crippen LogP contribution in [0.25, 0.3) is 0 Å². The molecule has 0 saturated heterocycles. The molecule has 0 aliphatic carbocycles. The molecule has 2 atom stereocenters.